The van der Waals surface area contributed by atoms with Gasteiger partial charge in [0, 0.05) is 18.8 Å². The van der Waals surface area contributed by atoms with Crippen LogP contribution in [0.2, 0.25) is 5.02 Å². The Morgan fingerprint density at radius 3 is 2.78 bits per heavy atom. The molecule has 1 heterocycles. The topological polar surface area (TPSA) is 59.2 Å². The van der Waals surface area contributed by atoms with E-state index in [1.807, 2.05) is 18.7 Å². The lowest BCUT2D eigenvalue weighted by atomic mass is 10.2. The van der Waals surface area contributed by atoms with Crippen molar-refractivity contribution in [3.8, 4) is 0 Å². The maximum absolute atomic E-state index is 12.4. The number of pyridine rings is 1. The van der Waals surface area contributed by atoms with Gasteiger partial charge in [0.15, 0.2) is 0 Å². The molecule has 1 amide bonds. The number of nitrogen functional groups attached to an aromatic ring is 1. The third-order valence-electron chi connectivity index (χ3n) is 3.15. The minimum Gasteiger partial charge on any atom is -0.382 e. The number of carbonyl (C=O) groups is 1. The van der Waals surface area contributed by atoms with Crippen molar-refractivity contribution >= 4 is 23.3 Å². The third-order valence-corrected chi connectivity index (χ3v) is 3.46. The molecule has 1 aromatic heterocycles. The standard InChI is InChI=1S/C13H18ClN3O/c1-8(2)17(7-9-3-4-9)13(18)10-5-11(14)12(15)16-6-10/h5-6,8-9H,3-4,7H2,1-2H3,(H2,15,16). The molecule has 2 N–H and O–H groups in total. The minimum atomic E-state index is -0.0219. The molecular weight excluding hydrogens is 250 g/mol. The molecule has 0 aliphatic heterocycles. The Balaban J connectivity index is 2.18. The Labute approximate surface area is 112 Å². The number of halogens is 1. The van der Waals surface area contributed by atoms with Crippen molar-refractivity contribution in [3.05, 3.63) is 22.8 Å². The molecule has 1 saturated carbocycles. The summed E-state index contributed by atoms with van der Waals surface area (Å²) in [6.07, 6.45) is 3.93. The molecule has 4 nitrogen and oxygen atoms in total. The fraction of sp³-hybridized carbons (Fsp3) is 0.538. The third kappa shape index (κ3) is 2.93. The number of nitrogens with zero attached hydrogens (tertiary/aromatic N) is 2. The first-order chi connectivity index (χ1) is 8.49. The molecule has 0 radical (unpaired) electrons. The van der Waals surface area contributed by atoms with E-state index in [1.165, 1.54) is 19.0 Å². The molecule has 1 fully saturated rings. The summed E-state index contributed by atoms with van der Waals surface area (Å²) in [5, 5.41) is 0.330. The first-order valence-electron chi connectivity index (χ1n) is 6.21. The van der Waals surface area contributed by atoms with Crippen LogP contribution in [0.4, 0.5) is 5.82 Å². The van der Waals surface area contributed by atoms with E-state index in [0.717, 1.165) is 6.54 Å². The van der Waals surface area contributed by atoms with E-state index in [0.29, 0.717) is 16.5 Å². The molecule has 0 saturated heterocycles. The predicted octanol–water partition coefficient (Wildman–Crippen LogP) is 2.58. The smallest absolute Gasteiger partial charge is 0.255 e. The number of amides is 1. The molecule has 98 valence electrons. The van der Waals surface area contributed by atoms with E-state index in [9.17, 15) is 4.79 Å². The van der Waals surface area contributed by atoms with Crippen LogP contribution in [0.25, 0.3) is 0 Å². The van der Waals surface area contributed by atoms with Crippen LogP contribution >= 0.6 is 11.6 Å². The van der Waals surface area contributed by atoms with E-state index >= 15 is 0 Å². The van der Waals surface area contributed by atoms with Crippen LogP contribution in [0.5, 0.6) is 0 Å². The summed E-state index contributed by atoms with van der Waals surface area (Å²) < 4.78 is 0. The van der Waals surface area contributed by atoms with Gasteiger partial charge in [-0.2, -0.15) is 0 Å². The lowest BCUT2D eigenvalue weighted by Gasteiger charge is -2.26. The molecule has 18 heavy (non-hydrogen) atoms. The van der Waals surface area contributed by atoms with Crippen LogP contribution in [0.15, 0.2) is 12.3 Å². The highest BCUT2D eigenvalue weighted by Crippen LogP contribution is 2.31. The maximum Gasteiger partial charge on any atom is 0.255 e. The molecule has 1 aromatic rings. The highest BCUT2D eigenvalue weighted by Gasteiger charge is 2.28. The predicted molar refractivity (Wildman–Crippen MR) is 72.6 cm³/mol. The van der Waals surface area contributed by atoms with Crippen LogP contribution in [-0.2, 0) is 0 Å². The number of hydrogen-bond donors (Lipinski definition) is 1. The zero-order chi connectivity index (χ0) is 13.3. The molecule has 2 rings (SSSR count). The molecule has 0 aromatic carbocycles. The van der Waals surface area contributed by atoms with Crippen LogP contribution in [-0.4, -0.2) is 28.4 Å². The Hall–Kier alpha value is -1.29. The van der Waals surface area contributed by atoms with Gasteiger partial charge in [0.05, 0.1) is 10.6 Å². The average molecular weight is 268 g/mol. The fourth-order valence-electron chi connectivity index (χ4n) is 1.84. The zero-order valence-corrected chi connectivity index (χ0v) is 11.4. The summed E-state index contributed by atoms with van der Waals surface area (Å²) in [6.45, 7) is 4.86. The molecule has 1 aliphatic rings. The number of hydrogen-bond acceptors (Lipinski definition) is 3. The van der Waals surface area contributed by atoms with E-state index < -0.39 is 0 Å². The van der Waals surface area contributed by atoms with Crippen molar-refractivity contribution in [2.75, 3.05) is 12.3 Å². The van der Waals surface area contributed by atoms with Crippen molar-refractivity contribution in [1.82, 2.24) is 9.88 Å². The number of aromatic nitrogens is 1. The number of anilines is 1. The highest BCUT2D eigenvalue weighted by molar-refractivity contribution is 6.33. The first-order valence-corrected chi connectivity index (χ1v) is 6.59. The van der Waals surface area contributed by atoms with Gasteiger partial charge in [-0.1, -0.05) is 11.6 Å². The molecule has 0 bridgehead atoms. The molecule has 0 unspecified atom stereocenters. The normalized spacial score (nSPS) is 14.9. The Kier molecular flexibility index (Phi) is 3.76. The van der Waals surface area contributed by atoms with Gasteiger partial charge < -0.3 is 10.6 Å². The minimum absolute atomic E-state index is 0.0219. The molecule has 5 heteroatoms. The van der Waals surface area contributed by atoms with Gasteiger partial charge in [0.25, 0.3) is 5.91 Å². The lowest BCUT2D eigenvalue weighted by Crippen LogP contribution is -2.38. The molecule has 0 atom stereocenters. The highest BCUT2D eigenvalue weighted by atomic mass is 35.5. The maximum atomic E-state index is 12.4. The van der Waals surface area contributed by atoms with E-state index in [2.05, 4.69) is 4.98 Å². The van der Waals surface area contributed by atoms with Crippen LogP contribution in [0, 0.1) is 5.92 Å². The van der Waals surface area contributed by atoms with Gasteiger partial charge in [-0.05, 0) is 38.7 Å². The summed E-state index contributed by atoms with van der Waals surface area (Å²) >= 11 is 5.90. The quantitative estimate of drug-likeness (QED) is 0.912. The van der Waals surface area contributed by atoms with E-state index in [-0.39, 0.29) is 17.8 Å². The van der Waals surface area contributed by atoms with Crippen LogP contribution in [0.3, 0.4) is 0 Å². The summed E-state index contributed by atoms with van der Waals surface area (Å²) in [7, 11) is 0. The van der Waals surface area contributed by atoms with Crippen LogP contribution < -0.4 is 5.73 Å². The van der Waals surface area contributed by atoms with Gasteiger partial charge in [-0.3, -0.25) is 4.79 Å². The second-order valence-corrected chi connectivity index (χ2v) is 5.49. The van der Waals surface area contributed by atoms with Gasteiger partial charge >= 0.3 is 0 Å². The summed E-state index contributed by atoms with van der Waals surface area (Å²) in [5.41, 5.74) is 6.05. The SMILES string of the molecule is CC(C)N(CC1CC1)C(=O)c1cnc(N)c(Cl)c1. The van der Waals surface area contributed by atoms with E-state index in [4.69, 9.17) is 17.3 Å². The van der Waals surface area contributed by atoms with Gasteiger partial charge in [0.1, 0.15) is 5.82 Å². The Morgan fingerprint density at radius 1 is 1.61 bits per heavy atom. The van der Waals surface area contributed by atoms with Gasteiger partial charge in [0.2, 0.25) is 0 Å². The Morgan fingerprint density at radius 2 is 2.28 bits per heavy atom. The number of carbonyl (C=O) groups excluding carboxylic acids is 1. The monoisotopic (exact) mass is 267 g/mol. The van der Waals surface area contributed by atoms with Gasteiger partial charge in [-0.15, -0.1) is 0 Å². The van der Waals surface area contributed by atoms with Crippen molar-refractivity contribution in [3.63, 3.8) is 0 Å². The fourth-order valence-corrected chi connectivity index (χ4v) is 2.00. The molecule has 1 aliphatic carbocycles. The summed E-state index contributed by atoms with van der Waals surface area (Å²) in [5.74, 6) is 0.895. The van der Waals surface area contributed by atoms with Crippen molar-refractivity contribution in [2.45, 2.75) is 32.7 Å². The first kappa shape index (κ1) is 13.1. The Bertz CT molecular complexity index is 458. The van der Waals surface area contributed by atoms with Crippen molar-refractivity contribution in [2.24, 2.45) is 5.92 Å². The lowest BCUT2D eigenvalue weighted by molar-refractivity contribution is 0.0696. The van der Waals surface area contributed by atoms with E-state index in [1.54, 1.807) is 6.07 Å². The summed E-state index contributed by atoms with van der Waals surface area (Å²) in [4.78, 5) is 18.2. The van der Waals surface area contributed by atoms with Crippen molar-refractivity contribution < 1.29 is 4.79 Å². The van der Waals surface area contributed by atoms with Gasteiger partial charge in [-0.25, -0.2) is 4.98 Å². The average Bonchev–Trinajstić information content (AvgIpc) is 3.12. The largest absolute Gasteiger partial charge is 0.382 e. The second-order valence-electron chi connectivity index (χ2n) is 5.09. The zero-order valence-electron chi connectivity index (χ0n) is 10.7. The molecule has 0 spiro atoms. The van der Waals surface area contributed by atoms with Crippen LogP contribution in [0.1, 0.15) is 37.0 Å². The van der Waals surface area contributed by atoms with Crippen molar-refractivity contribution in [1.29, 1.82) is 0 Å². The molecular formula is C13H18ClN3O. The second kappa shape index (κ2) is 5.14. The number of rotatable bonds is 4. The summed E-state index contributed by atoms with van der Waals surface area (Å²) in [6, 6.07) is 1.77. The number of nitrogens with two attached hydrogens (primary N) is 1.